The Morgan fingerprint density at radius 3 is 2.67 bits per heavy atom. The fourth-order valence-electron chi connectivity index (χ4n) is 3.64. The molecule has 0 aliphatic heterocycles. The summed E-state index contributed by atoms with van der Waals surface area (Å²) in [5, 5.41) is 15.8. The second kappa shape index (κ2) is 9.27. The molecule has 0 saturated heterocycles. The van der Waals surface area contributed by atoms with Crippen LogP contribution in [0.15, 0.2) is 79.1 Å². The van der Waals surface area contributed by atoms with Crippen LogP contribution in [0.3, 0.4) is 0 Å². The van der Waals surface area contributed by atoms with Gasteiger partial charge >= 0.3 is 5.97 Å². The van der Waals surface area contributed by atoms with E-state index < -0.39 is 5.97 Å². The molecule has 0 aliphatic rings. The summed E-state index contributed by atoms with van der Waals surface area (Å²) in [6.07, 6.45) is 4.98. The van der Waals surface area contributed by atoms with Gasteiger partial charge in [-0.2, -0.15) is 5.10 Å². The Morgan fingerprint density at radius 2 is 1.83 bits per heavy atom. The van der Waals surface area contributed by atoms with Crippen LogP contribution in [-0.4, -0.2) is 27.5 Å². The molecule has 5 heteroatoms. The van der Waals surface area contributed by atoms with Crippen molar-refractivity contribution in [1.29, 1.82) is 0 Å². The number of aryl methyl sites for hydroxylation is 1. The lowest BCUT2D eigenvalue weighted by Crippen LogP contribution is -2.07. The van der Waals surface area contributed by atoms with E-state index in [1.165, 1.54) is 16.3 Å². The van der Waals surface area contributed by atoms with E-state index in [0.29, 0.717) is 19.6 Å². The molecule has 3 aromatic carbocycles. The number of nitrogens with zero attached hydrogens (tertiary/aromatic N) is 2. The van der Waals surface area contributed by atoms with Crippen LogP contribution in [0.4, 0.5) is 0 Å². The largest absolute Gasteiger partial charge is 0.493 e. The van der Waals surface area contributed by atoms with Gasteiger partial charge in [0.1, 0.15) is 5.75 Å². The van der Waals surface area contributed by atoms with Crippen LogP contribution < -0.4 is 4.74 Å². The van der Waals surface area contributed by atoms with E-state index in [4.69, 9.17) is 9.84 Å². The predicted molar refractivity (Wildman–Crippen MR) is 117 cm³/mol. The molecule has 0 bridgehead atoms. The van der Waals surface area contributed by atoms with Crippen LogP contribution in [0, 0.1) is 0 Å². The number of ether oxygens (including phenoxy) is 1. The summed E-state index contributed by atoms with van der Waals surface area (Å²) in [7, 11) is 0. The number of hydrogen-bond acceptors (Lipinski definition) is 3. The molecule has 0 saturated carbocycles. The molecule has 0 unspecified atom stereocenters. The zero-order valence-electron chi connectivity index (χ0n) is 16.7. The number of fused-ring (bicyclic) bond motifs is 1. The highest BCUT2D eigenvalue weighted by Gasteiger charge is 2.09. The average molecular weight is 400 g/mol. The smallest absolute Gasteiger partial charge is 0.303 e. The van der Waals surface area contributed by atoms with Crippen LogP contribution in [0.5, 0.6) is 5.75 Å². The molecule has 152 valence electrons. The zero-order chi connectivity index (χ0) is 20.8. The summed E-state index contributed by atoms with van der Waals surface area (Å²) < 4.78 is 8.01. The van der Waals surface area contributed by atoms with E-state index in [-0.39, 0.29) is 6.42 Å². The van der Waals surface area contributed by atoms with Crippen molar-refractivity contribution < 1.29 is 14.6 Å². The number of carbonyl (C=O) groups is 1. The minimum atomic E-state index is -0.808. The van der Waals surface area contributed by atoms with E-state index in [1.54, 1.807) is 6.20 Å². The first-order valence-electron chi connectivity index (χ1n) is 10.1. The zero-order valence-corrected chi connectivity index (χ0v) is 16.7. The van der Waals surface area contributed by atoms with E-state index >= 15 is 0 Å². The third-order valence-corrected chi connectivity index (χ3v) is 5.15. The minimum absolute atomic E-state index is 0.0815. The molecule has 1 aromatic heterocycles. The molecule has 0 radical (unpaired) electrons. The monoisotopic (exact) mass is 400 g/mol. The highest BCUT2D eigenvalue weighted by Crippen LogP contribution is 2.24. The van der Waals surface area contributed by atoms with Gasteiger partial charge in [0.2, 0.25) is 0 Å². The average Bonchev–Trinajstić information content (AvgIpc) is 3.26. The molecule has 0 aliphatic carbocycles. The summed E-state index contributed by atoms with van der Waals surface area (Å²) in [5.74, 6) is -0.0570. The van der Waals surface area contributed by atoms with Gasteiger partial charge < -0.3 is 9.84 Å². The van der Waals surface area contributed by atoms with E-state index in [2.05, 4.69) is 41.5 Å². The summed E-state index contributed by atoms with van der Waals surface area (Å²) in [6.45, 7) is 1.17. The van der Waals surface area contributed by atoms with Crippen molar-refractivity contribution in [2.45, 2.75) is 25.8 Å². The van der Waals surface area contributed by atoms with Crippen LogP contribution >= 0.6 is 0 Å². The summed E-state index contributed by atoms with van der Waals surface area (Å²) in [4.78, 5) is 11.0. The van der Waals surface area contributed by atoms with E-state index in [9.17, 15) is 4.79 Å². The van der Waals surface area contributed by atoms with Crippen molar-refractivity contribution in [1.82, 2.24) is 9.78 Å². The molecule has 1 N–H and O–H groups in total. The summed E-state index contributed by atoms with van der Waals surface area (Å²) in [6, 6.07) is 22.5. The Bertz CT molecular complexity index is 1130. The maximum absolute atomic E-state index is 11.0. The first kappa shape index (κ1) is 19.7. The Labute approximate surface area is 175 Å². The van der Waals surface area contributed by atoms with Gasteiger partial charge in [-0.15, -0.1) is 0 Å². The molecule has 0 fully saturated rings. The standard InChI is InChI=1S/C25H24N2O3/c28-25(29)12-11-22-10-9-19(18-27-15-4-14-26-27)17-24(22)30-16-13-21-7-3-6-20-5-1-2-8-23(20)21/h1-10,14-15,17H,11-13,16,18H2,(H,28,29). The van der Waals surface area contributed by atoms with E-state index in [0.717, 1.165) is 23.3 Å². The van der Waals surface area contributed by atoms with Gasteiger partial charge in [-0.1, -0.05) is 54.6 Å². The van der Waals surface area contributed by atoms with Crippen molar-refractivity contribution in [2.24, 2.45) is 0 Å². The number of hydrogen-bond donors (Lipinski definition) is 1. The molecule has 4 rings (SSSR count). The third-order valence-electron chi connectivity index (χ3n) is 5.15. The molecule has 5 nitrogen and oxygen atoms in total. The van der Waals surface area contributed by atoms with Crippen LogP contribution in [-0.2, 0) is 24.2 Å². The molecule has 0 spiro atoms. The van der Waals surface area contributed by atoms with Crippen LogP contribution in [0.1, 0.15) is 23.1 Å². The normalized spacial score (nSPS) is 10.9. The van der Waals surface area contributed by atoms with Crippen LogP contribution in [0.2, 0.25) is 0 Å². The van der Waals surface area contributed by atoms with Gasteiger partial charge in [-0.05, 0) is 46.0 Å². The maximum atomic E-state index is 11.0. The maximum Gasteiger partial charge on any atom is 0.303 e. The summed E-state index contributed by atoms with van der Waals surface area (Å²) >= 11 is 0. The van der Waals surface area contributed by atoms with Gasteiger partial charge in [-0.25, -0.2) is 0 Å². The second-order valence-corrected chi connectivity index (χ2v) is 7.28. The molecule has 0 amide bonds. The van der Waals surface area contributed by atoms with Crippen molar-refractivity contribution in [3.05, 3.63) is 95.8 Å². The Morgan fingerprint density at radius 1 is 0.967 bits per heavy atom. The highest BCUT2D eigenvalue weighted by molar-refractivity contribution is 5.85. The SMILES string of the molecule is O=C(O)CCc1ccc(Cn2cccn2)cc1OCCc1cccc2ccccc12. The Kier molecular flexibility index (Phi) is 6.09. The number of benzene rings is 3. The molecular weight excluding hydrogens is 376 g/mol. The lowest BCUT2D eigenvalue weighted by atomic mass is 10.0. The van der Waals surface area contributed by atoms with Gasteiger partial charge in [0.25, 0.3) is 0 Å². The van der Waals surface area contributed by atoms with Crippen LogP contribution in [0.25, 0.3) is 10.8 Å². The quantitative estimate of drug-likeness (QED) is 0.441. The van der Waals surface area contributed by atoms with Gasteiger partial charge in [0.05, 0.1) is 13.2 Å². The molecule has 1 heterocycles. The molecule has 30 heavy (non-hydrogen) atoms. The fraction of sp³-hybridized carbons (Fsp3) is 0.200. The highest BCUT2D eigenvalue weighted by atomic mass is 16.5. The number of rotatable bonds is 9. The van der Waals surface area contributed by atoms with Crippen molar-refractivity contribution in [3.8, 4) is 5.75 Å². The van der Waals surface area contributed by atoms with Crippen molar-refractivity contribution in [3.63, 3.8) is 0 Å². The first-order valence-corrected chi connectivity index (χ1v) is 10.1. The lowest BCUT2D eigenvalue weighted by molar-refractivity contribution is -0.136. The first-order chi connectivity index (χ1) is 14.7. The van der Waals surface area contributed by atoms with Gasteiger partial charge in [-0.3, -0.25) is 9.48 Å². The number of carboxylic acids is 1. The number of aliphatic carboxylic acids is 1. The van der Waals surface area contributed by atoms with E-state index in [1.807, 2.05) is 41.2 Å². The molecule has 0 atom stereocenters. The number of carboxylic acid groups (broad SMARTS) is 1. The Balaban J connectivity index is 1.50. The molecular formula is C25H24N2O3. The fourth-order valence-corrected chi connectivity index (χ4v) is 3.64. The van der Waals surface area contributed by atoms with Crippen molar-refractivity contribution >= 4 is 16.7 Å². The number of aromatic nitrogens is 2. The van der Waals surface area contributed by atoms with Gasteiger partial charge in [0.15, 0.2) is 0 Å². The minimum Gasteiger partial charge on any atom is -0.493 e. The van der Waals surface area contributed by atoms with Crippen molar-refractivity contribution in [2.75, 3.05) is 6.61 Å². The lowest BCUT2D eigenvalue weighted by Gasteiger charge is -2.14. The topological polar surface area (TPSA) is 64.3 Å². The summed E-state index contributed by atoms with van der Waals surface area (Å²) in [5.41, 5.74) is 3.23. The predicted octanol–water partition coefficient (Wildman–Crippen LogP) is 4.72. The Hall–Kier alpha value is -3.60. The third kappa shape index (κ3) is 4.87. The van der Waals surface area contributed by atoms with Gasteiger partial charge in [0, 0.05) is 25.2 Å². The molecule has 4 aromatic rings. The second-order valence-electron chi connectivity index (χ2n) is 7.28.